The fraction of sp³-hybridized carbons (Fsp3) is 0.857. The number of allylic oxidation sites excluding steroid dienone is 2. The second-order valence-electron chi connectivity index (χ2n) is 5.68. The molecule has 4 heteroatoms. The summed E-state index contributed by atoms with van der Waals surface area (Å²) < 4.78 is 0. The molecular weight excluding hydrogens is 310 g/mol. The van der Waals surface area contributed by atoms with Crippen molar-refractivity contribution in [3.8, 4) is 0 Å². The average molecular weight is 330 g/mol. The van der Waals surface area contributed by atoms with Gasteiger partial charge in [-0.3, -0.25) is 0 Å². The van der Waals surface area contributed by atoms with Crippen LogP contribution in [0.2, 0.25) is 0 Å². The van der Waals surface area contributed by atoms with E-state index in [1.165, 1.54) is 0 Å². The zero-order valence-electron chi connectivity index (χ0n) is 10.5. The van der Waals surface area contributed by atoms with E-state index in [0.717, 1.165) is 49.2 Å². The van der Waals surface area contributed by atoms with Crippen molar-refractivity contribution in [3.63, 3.8) is 0 Å². The molecule has 0 radical (unpaired) electrons. The highest BCUT2D eigenvalue weighted by molar-refractivity contribution is 6.19. The van der Waals surface area contributed by atoms with Gasteiger partial charge in [-0.2, -0.15) is 0 Å². The normalized spacial score (nSPS) is 36.7. The largest absolute Gasteiger partial charge is 0.126 e. The van der Waals surface area contributed by atoms with Crippen molar-refractivity contribution in [1.29, 1.82) is 0 Å². The molecule has 18 heavy (non-hydrogen) atoms. The Morgan fingerprint density at radius 2 is 0.778 bits per heavy atom. The van der Waals surface area contributed by atoms with E-state index in [2.05, 4.69) is 0 Å². The Morgan fingerprint density at radius 1 is 0.556 bits per heavy atom. The van der Waals surface area contributed by atoms with Crippen LogP contribution in [0.1, 0.15) is 25.7 Å². The summed E-state index contributed by atoms with van der Waals surface area (Å²) in [4.78, 5) is 0. The highest BCUT2D eigenvalue weighted by atomic mass is 35.5. The highest BCUT2D eigenvalue weighted by Gasteiger charge is 2.35. The minimum atomic E-state index is 0.548. The van der Waals surface area contributed by atoms with Gasteiger partial charge in [-0.15, -0.1) is 46.4 Å². The van der Waals surface area contributed by atoms with Crippen LogP contribution >= 0.6 is 46.4 Å². The second-order valence-corrected chi connectivity index (χ2v) is 6.92. The number of alkyl halides is 4. The van der Waals surface area contributed by atoms with Gasteiger partial charge in [-0.05, 0) is 49.4 Å². The Hall–Kier alpha value is 0.900. The first-order valence-corrected chi connectivity index (χ1v) is 8.80. The topological polar surface area (TPSA) is 0 Å². The molecule has 0 saturated carbocycles. The predicted octanol–water partition coefficient (Wildman–Crippen LogP) is 5.29. The van der Waals surface area contributed by atoms with E-state index in [1.54, 1.807) is 11.1 Å². The van der Waals surface area contributed by atoms with Gasteiger partial charge in [0, 0.05) is 23.5 Å². The van der Waals surface area contributed by atoms with E-state index in [4.69, 9.17) is 46.4 Å². The van der Waals surface area contributed by atoms with Crippen LogP contribution in [-0.2, 0) is 0 Å². The molecule has 0 saturated heterocycles. The molecule has 0 amide bonds. The van der Waals surface area contributed by atoms with Gasteiger partial charge in [-0.1, -0.05) is 11.1 Å². The zero-order valence-corrected chi connectivity index (χ0v) is 13.5. The summed E-state index contributed by atoms with van der Waals surface area (Å²) in [5.74, 6) is 5.07. The molecule has 0 aromatic heterocycles. The Balaban J connectivity index is 2.14. The third kappa shape index (κ3) is 3.14. The average Bonchev–Trinajstić information content (AvgIpc) is 2.43. The molecule has 0 bridgehead atoms. The lowest BCUT2D eigenvalue weighted by molar-refractivity contribution is 0.291. The Kier molecular flexibility index (Phi) is 6.00. The first kappa shape index (κ1) is 15.3. The maximum absolute atomic E-state index is 6.08. The summed E-state index contributed by atoms with van der Waals surface area (Å²) in [7, 11) is 0. The van der Waals surface area contributed by atoms with E-state index in [1.807, 2.05) is 0 Å². The molecule has 0 fully saturated rings. The maximum Gasteiger partial charge on any atom is 0.0258 e. The molecule has 0 aliphatic heterocycles. The van der Waals surface area contributed by atoms with Crippen molar-refractivity contribution in [2.45, 2.75) is 25.7 Å². The Morgan fingerprint density at radius 3 is 0.944 bits per heavy atom. The van der Waals surface area contributed by atoms with Crippen molar-refractivity contribution in [3.05, 3.63) is 11.1 Å². The molecule has 0 N–H and O–H groups in total. The first-order valence-electron chi connectivity index (χ1n) is 6.67. The number of hydrogen-bond acceptors (Lipinski definition) is 0. The smallest absolute Gasteiger partial charge is 0.0258 e. The van der Waals surface area contributed by atoms with Crippen LogP contribution in [0.5, 0.6) is 0 Å². The van der Waals surface area contributed by atoms with Crippen LogP contribution in [0.25, 0.3) is 0 Å². The van der Waals surface area contributed by atoms with Crippen molar-refractivity contribution in [2.75, 3.05) is 23.5 Å². The molecular formula is C14H20Cl4. The second kappa shape index (κ2) is 7.07. The molecule has 2 aliphatic carbocycles. The summed E-state index contributed by atoms with van der Waals surface area (Å²) in [5, 5.41) is 0. The van der Waals surface area contributed by atoms with E-state index in [-0.39, 0.29) is 0 Å². The molecule has 0 unspecified atom stereocenters. The van der Waals surface area contributed by atoms with E-state index >= 15 is 0 Å². The zero-order chi connectivity index (χ0) is 13.1. The lowest BCUT2D eigenvalue weighted by Gasteiger charge is -2.40. The van der Waals surface area contributed by atoms with Crippen molar-refractivity contribution in [2.24, 2.45) is 23.7 Å². The minimum absolute atomic E-state index is 0.548. The van der Waals surface area contributed by atoms with Gasteiger partial charge in [0.15, 0.2) is 0 Å². The van der Waals surface area contributed by atoms with E-state index in [0.29, 0.717) is 23.7 Å². The van der Waals surface area contributed by atoms with Crippen molar-refractivity contribution in [1.82, 2.24) is 0 Å². The van der Waals surface area contributed by atoms with Crippen LogP contribution in [0.4, 0.5) is 0 Å². The maximum atomic E-state index is 6.08. The molecule has 0 heterocycles. The minimum Gasteiger partial charge on any atom is -0.126 e. The molecule has 0 aromatic rings. The quantitative estimate of drug-likeness (QED) is 0.485. The van der Waals surface area contributed by atoms with Crippen LogP contribution < -0.4 is 0 Å². The summed E-state index contributed by atoms with van der Waals surface area (Å²) >= 11 is 24.3. The summed E-state index contributed by atoms with van der Waals surface area (Å²) in [6.07, 6.45) is 4.49. The first-order chi connectivity index (χ1) is 8.73. The monoisotopic (exact) mass is 328 g/mol. The summed E-state index contributed by atoms with van der Waals surface area (Å²) in [5.41, 5.74) is 3.21. The van der Waals surface area contributed by atoms with Gasteiger partial charge in [0.25, 0.3) is 0 Å². The lowest BCUT2D eigenvalue weighted by Crippen LogP contribution is -2.31. The molecule has 0 spiro atoms. The van der Waals surface area contributed by atoms with Gasteiger partial charge in [0.05, 0.1) is 0 Å². The number of rotatable bonds is 4. The molecule has 2 rings (SSSR count). The standard InChI is InChI=1S/C14H20Cl4/c15-5-11-1-9-2-13(7-17)14(8-18)4-10(9)3-12(11)6-16/h11-14H,1-8H2/t11-,12-,13-,14+/m0/s1. The van der Waals surface area contributed by atoms with E-state index in [9.17, 15) is 0 Å². The molecule has 0 aromatic carbocycles. The summed E-state index contributed by atoms with van der Waals surface area (Å²) in [6.45, 7) is 0. The SMILES string of the molecule is ClC[C@@H]1CC2=C(C[C@H]1CCl)C[C@H](CCl)[C@H](CCl)C2. The van der Waals surface area contributed by atoms with Crippen molar-refractivity contribution >= 4 is 46.4 Å². The highest BCUT2D eigenvalue weighted by Crippen LogP contribution is 2.46. The fourth-order valence-corrected chi connectivity index (χ4v) is 4.84. The van der Waals surface area contributed by atoms with Crippen LogP contribution in [0, 0.1) is 23.7 Å². The van der Waals surface area contributed by atoms with Crippen molar-refractivity contribution < 1.29 is 0 Å². The van der Waals surface area contributed by atoms with Gasteiger partial charge in [0.1, 0.15) is 0 Å². The van der Waals surface area contributed by atoms with E-state index < -0.39 is 0 Å². The predicted molar refractivity (Wildman–Crippen MR) is 82.3 cm³/mol. The number of hydrogen-bond donors (Lipinski definition) is 0. The number of halogens is 4. The third-order valence-corrected chi connectivity index (χ3v) is 6.25. The van der Waals surface area contributed by atoms with Crippen LogP contribution in [-0.4, -0.2) is 23.5 Å². The van der Waals surface area contributed by atoms with Crippen LogP contribution in [0.3, 0.4) is 0 Å². The van der Waals surface area contributed by atoms with Gasteiger partial charge in [-0.25, -0.2) is 0 Å². The molecule has 4 atom stereocenters. The Labute approximate surface area is 130 Å². The van der Waals surface area contributed by atoms with Gasteiger partial charge >= 0.3 is 0 Å². The fourth-order valence-electron chi connectivity index (χ4n) is 3.40. The molecule has 0 nitrogen and oxygen atoms in total. The molecule has 104 valence electrons. The lowest BCUT2D eigenvalue weighted by atomic mass is 9.68. The van der Waals surface area contributed by atoms with Gasteiger partial charge < -0.3 is 0 Å². The molecule has 2 aliphatic rings. The summed E-state index contributed by atoms with van der Waals surface area (Å²) in [6, 6.07) is 0. The Bertz CT molecular complexity index is 255. The third-order valence-electron chi connectivity index (χ3n) is 4.66. The van der Waals surface area contributed by atoms with Crippen LogP contribution in [0.15, 0.2) is 11.1 Å². The van der Waals surface area contributed by atoms with Gasteiger partial charge in [0.2, 0.25) is 0 Å².